The van der Waals surface area contributed by atoms with Crippen LogP contribution < -0.4 is 20.6 Å². The van der Waals surface area contributed by atoms with E-state index in [2.05, 4.69) is 25.4 Å². The molecule has 3 aromatic rings. The van der Waals surface area contributed by atoms with Gasteiger partial charge in [-0.15, -0.1) is 10.2 Å². The summed E-state index contributed by atoms with van der Waals surface area (Å²) in [5, 5.41) is 28.0. The van der Waals surface area contributed by atoms with Gasteiger partial charge in [0.2, 0.25) is 0 Å². The van der Waals surface area contributed by atoms with Gasteiger partial charge in [0.15, 0.2) is 17.0 Å². The number of amides is 1. The standard InChI is InChI=1S/C27H26N8O7S3/c1-42-22-15-20(27(37)38)11-12-21(22)34-31-23(18-7-9-19(10-8-18)25(36)28-13-14-45(39,40)41)32-35(34)24-26(43-44-33-24)30-29-16-17-5-3-2-4-6-17/h2-12,15,26H,13-14,16H2,1H3,(H,28,36)(H,31,32)(H,37,38)(H,39,40,41). The van der Waals surface area contributed by atoms with Crippen LogP contribution in [-0.2, 0) is 16.7 Å². The van der Waals surface area contributed by atoms with Gasteiger partial charge in [0.1, 0.15) is 11.4 Å². The van der Waals surface area contributed by atoms with Crippen molar-refractivity contribution < 1.29 is 32.4 Å². The van der Waals surface area contributed by atoms with Crippen LogP contribution in [0.25, 0.3) is 0 Å². The average molecular weight is 671 g/mol. The van der Waals surface area contributed by atoms with Crippen LogP contribution in [0.1, 0.15) is 31.8 Å². The molecule has 0 spiro atoms. The minimum absolute atomic E-state index is 0.0323. The molecule has 0 fully saturated rings. The molecule has 2 heterocycles. The van der Waals surface area contributed by atoms with Gasteiger partial charge in [-0.05, 0) is 46.7 Å². The lowest BCUT2D eigenvalue weighted by Crippen LogP contribution is -2.48. The number of carboxylic acid groups (broad SMARTS) is 1. The van der Waals surface area contributed by atoms with Crippen LogP contribution >= 0.6 is 21.8 Å². The summed E-state index contributed by atoms with van der Waals surface area (Å²) in [4.78, 5) is 24.0. The highest BCUT2D eigenvalue weighted by molar-refractivity contribution is 8.77. The highest BCUT2D eigenvalue weighted by atomic mass is 33.1. The van der Waals surface area contributed by atoms with Gasteiger partial charge in [-0.25, -0.2) is 4.79 Å². The fraction of sp³-hybridized carbons (Fsp3) is 0.185. The topological polar surface area (TPSA) is 198 Å². The highest BCUT2D eigenvalue weighted by Gasteiger charge is 2.38. The number of hydrazine groups is 2. The quantitative estimate of drug-likeness (QED) is 0.100. The summed E-state index contributed by atoms with van der Waals surface area (Å²) >= 11 is 0. The molecule has 0 radical (unpaired) electrons. The number of ether oxygens (including phenoxy) is 1. The first-order valence-electron chi connectivity index (χ1n) is 13.1. The van der Waals surface area contributed by atoms with E-state index in [0.717, 1.165) is 5.56 Å². The number of hydrogen-bond donors (Lipinski definition) is 4. The van der Waals surface area contributed by atoms with Gasteiger partial charge in [-0.1, -0.05) is 42.5 Å². The molecule has 18 heteroatoms. The van der Waals surface area contributed by atoms with Crippen LogP contribution in [0.5, 0.6) is 5.75 Å². The second-order valence-corrected chi connectivity index (χ2v) is 12.9. The van der Waals surface area contributed by atoms with Crippen LogP contribution in [0.3, 0.4) is 0 Å². The molecule has 2 aliphatic rings. The first-order chi connectivity index (χ1) is 21.6. The number of amidine groups is 2. The third-order valence-electron chi connectivity index (χ3n) is 6.29. The molecule has 0 aliphatic carbocycles. The summed E-state index contributed by atoms with van der Waals surface area (Å²) < 4.78 is 40.8. The van der Waals surface area contributed by atoms with Crippen molar-refractivity contribution in [3.63, 3.8) is 0 Å². The average Bonchev–Trinajstić information content (AvgIpc) is 3.68. The molecular formula is C27H26N8O7S3. The number of nitrogens with zero attached hydrogens (tertiary/aromatic N) is 6. The molecule has 15 nitrogen and oxygen atoms in total. The lowest BCUT2D eigenvalue weighted by molar-refractivity contribution is 0.0696. The molecule has 0 saturated heterocycles. The fourth-order valence-corrected chi connectivity index (χ4v) is 6.20. The number of methoxy groups -OCH3 is 1. The van der Waals surface area contributed by atoms with Crippen molar-refractivity contribution in [1.29, 1.82) is 0 Å². The third kappa shape index (κ3) is 7.90. The Kier molecular flexibility index (Phi) is 9.87. The van der Waals surface area contributed by atoms with Gasteiger partial charge in [0, 0.05) is 28.7 Å². The van der Waals surface area contributed by atoms with E-state index in [4.69, 9.17) is 14.4 Å². The van der Waals surface area contributed by atoms with Crippen molar-refractivity contribution in [3.8, 4) is 5.75 Å². The third-order valence-corrected chi connectivity index (χ3v) is 8.87. The molecule has 1 amide bonds. The van der Waals surface area contributed by atoms with Crippen LogP contribution in [0.2, 0.25) is 0 Å². The number of carbonyl (C=O) groups is 2. The van der Waals surface area contributed by atoms with Gasteiger partial charge in [-0.3, -0.25) is 14.8 Å². The van der Waals surface area contributed by atoms with Crippen molar-refractivity contribution in [2.45, 2.75) is 11.9 Å². The maximum Gasteiger partial charge on any atom is 0.335 e. The summed E-state index contributed by atoms with van der Waals surface area (Å²) in [7, 11) is -0.181. The molecular weight excluding hydrogens is 645 g/mol. The van der Waals surface area contributed by atoms with Gasteiger partial charge < -0.3 is 15.2 Å². The van der Waals surface area contributed by atoms with Crippen molar-refractivity contribution in [2.75, 3.05) is 24.5 Å². The van der Waals surface area contributed by atoms with Crippen LogP contribution in [0.4, 0.5) is 5.69 Å². The lowest BCUT2D eigenvalue weighted by Gasteiger charge is -2.29. The molecule has 0 saturated carbocycles. The summed E-state index contributed by atoms with van der Waals surface area (Å²) in [5.41, 5.74) is 5.50. The monoisotopic (exact) mass is 670 g/mol. The van der Waals surface area contributed by atoms with Crippen LogP contribution in [0, 0.1) is 0 Å². The molecule has 0 aromatic heterocycles. The fourth-order valence-electron chi connectivity index (χ4n) is 4.08. The number of anilines is 1. The normalized spacial score (nSPS) is 16.4. The number of hydrazone groups is 1. The van der Waals surface area contributed by atoms with E-state index >= 15 is 0 Å². The molecule has 1 unspecified atom stereocenters. The highest BCUT2D eigenvalue weighted by Crippen LogP contribution is 2.40. The summed E-state index contributed by atoms with van der Waals surface area (Å²) in [6.07, 6.45) is 0. The first kappa shape index (κ1) is 31.8. The summed E-state index contributed by atoms with van der Waals surface area (Å²) in [5.74, 6) is -1.19. The van der Waals surface area contributed by atoms with Gasteiger partial charge >= 0.3 is 5.97 Å². The SMILES string of the molecule is COc1cc(C(=O)O)ccc1N1NC(c2ccc(C(=O)NCCS(=O)(=O)O)cc2)=NN1C1=NSSC1N=NCc1ccccc1. The Morgan fingerprint density at radius 1 is 1.09 bits per heavy atom. The molecule has 1 atom stereocenters. The maximum absolute atomic E-state index is 12.4. The maximum atomic E-state index is 12.4. The van der Waals surface area contributed by atoms with E-state index in [9.17, 15) is 23.1 Å². The zero-order valence-electron chi connectivity index (χ0n) is 23.5. The Morgan fingerprint density at radius 2 is 1.82 bits per heavy atom. The first-order valence-corrected chi connectivity index (χ1v) is 16.9. The van der Waals surface area contributed by atoms with Gasteiger partial charge in [0.25, 0.3) is 16.0 Å². The van der Waals surface area contributed by atoms with E-state index in [-0.39, 0.29) is 23.4 Å². The Balaban J connectivity index is 1.42. The predicted molar refractivity (Wildman–Crippen MR) is 171 cm³/mol. The second-order valence-electron chi connectivity index (χ2n) is 9.35. The largest absolute Gasteiger partial charge is 0.494 e. The summed E-state index contributed by atoms with van der Waals surface area (Å²) in [6, 6.07) is 20.4. The molecule has 45 heavy (non-hydrogen) atoms. The number of nitrogens with one attached hydrogen (secondary N) is 2. The van der Waals surface area contributed by atoms with E-state index in [1.807, 2.05) is 30.3 Å². The van der Waals surface area contributed by atoms with Gasteiger partial charge in [0.05, 0.1) is 25.0 Å². The number of azo groups is 1. The minimum Gasteiger partial charge on any atom is -0.494 e. The van der Waals surface area contributed by atoms with E-state index in [0.29, 0.717) is 29.5 Å². The number of hydrogen-bond acceptors (Lipinski definition) is 14. The molecule has 5 rings (SSSR count). The number of rotatable bonds is 11. The Labute approximate surface area is 265 Å². The van der Waals surface area contributed by atoms with E-state index in [1.54, 1.807) is 23.3 Å². The van der Waals surface area contributed by atoms with Crippen molar-refractivity contribution in [3.05, 3.63) is 95.1 Å². The number of carboxylic acids is 1. The molecule has 0 bridgehead atoms. The summed E-state index contributed by atoms with van der Waals surface area (Å²) in [6.45, 7) is 0.134. The second kappa shape index (κ2) is 14.0. The van der Waals surface area contributed by atoms with Crippen LogP contribution in [0.15, 0.2) is 92.5 Å². The predicted octanol–water partition coefficient (Wildman–Crippen LogP) is 3.60. The lowest BCUT2D eigenvalue weighted by atomic mass is 10.1. The Hall–Kier alpha value is -4.65. The van der Waals surface area contributed by atoms with Crippen molar-refractivity contribution in [1.82, 2.24) is 15.9 Å². The molecule has 2 aliphatic heterocycles. The zero-order chi connectivity index (χ0) is 32.0. The Bertz CT molecular complexity index is 1770. The number of benzene rings is 3. The molecule has 234 valence electrons. The zero-order valence-corrected chi connectivity index (χ0v) is 25.9. The smallest absolute Gasteiger partial charge is 0.335 e. The molecule has 4 N–H and O–H groups in total. The number of carbonyl (C=O) groups excluding carboxylic acids is 1. The van der Waals surface area contributed by atoms with Crippen LogP contribution in [-0.4, -0.2) is 71.5 Å². The van der Waals surface area contributed by atoms with Crippen molar-refractivity contribution in [2.24, 2.45) is 19.7 Å². The van der Waals surface area contributed by atoms with E-state index in [1.165, 1.54) is 58.3 Å². The van der Waals surface area contributed by atoms with Gasteiger partial charge in [-0.2, -0.15) is 28.2 Å². The molecule has 3 aromatic carbocycles. The van der Waals surface area contributed by atoms with Crippen molar-refractivity contribution >= 4 is 61.1 Å². The Morgan fingerprint density at radius 3 is 2.51 bits per heavy atom. The van der Waals surface area contributed by atoms with E-state index < -0.39 is 33.1 Å². The minimum atomic E-state index is -4.21. The number of aromatic carboxylic acids is 1.